The number of rotatable bonds is 13. The molecule has 3 aliphatic rings. The molecule has 0 saturated carbocycles. The van der Waals surface area contributed by atoms with Gasteiger partial charge < -0.3 is 24.5 Å². The highest BCUT2D eigenvalue weighted by atomic mass is 35.5. The Balaban J connectivity index is 1.62. The largest absolute Gasteiger partial charge is 0.494 e. The molecule has 3 amide bonds. The first kappa shape index (κ1) is 34.1. The summed E-state index contributed by atoms with van der Waals surface area (Å²) in [7, 11) is 0. The minimum atomic E-state index is -0.915. The smallest absolute Gasteiger partial charge is 0.251 e. The number of halogens is 1. The van der Waals surface area contributed by atoms with E-state index in [0.717, 1.165) is 0 Å². The molecule has 3 heterocycles. The predicted molar refractivity (Wildman–Crippen MR) is 185 cm³/mol. The normalized spacial score (nSPS) is 27.0. The molecule has 2 aromatic rings. The number of para-hydroxylation sites is 1. The zero-order valence-corrected chi connectivity index (χ0v) is 28.5. The molecule has 3 unspecified atom stereocenters. The number of carbonyl (C=O) groups is 3. The van der Waals surface area contributed by atoms with Crippen molar-refractivity contribution in [3.05, 3.63) is 78.9 Å². The zero-order valence-electron chi connectivity index (χ0n) is 27.0. The van der Waals surface area contributed by atoms with Crippen LogP contribution in [0.1, 0.15) is 34.1 Å². The molecule has 1 spiro atoms. The summed E-state index contributed by atoms with van der Waals surface area (Å²) in [5.74, 6) is -1.58. The summed E-state index contributed by atoms with van der Waals surface area (Å²) in [6.07, 6.45) is 4.01. The highest BCUT2D eigenvalue weighted by molar-refractivity contribution is 8.02. The Labute approximate surface area is 281 Å². The second-order valence-corrected chi connectivity index (χ2v) is 14.6. The maximum absolute atomic E-state index is 15.0. The van der Waals surface area contributed by atoms with Crippen LogP contribution in [0.4, 0.5) is 11.4 Å². The van der Waals surface area contributed by atoms with Crippen LogP contribution in [0.15, 0.2) is 73.8 Å². The molecule has 1 N–H and O–H groups in total. The molecule has 2 aromatic carbocycles. The molecule has 0 aliphatic carbocycles. The topological polar surface area (TPSA) is 90.4 Å². The van der Waals surface area contributed by atoms with Gasteiger partial charge in [0, 0.05) is 24.0 Å². The van der Waals surface area contributed by atoms with Crippen LogP contribution in [-0.2, 0) is 14.4 Å². The maximum atomic E-state index is 15.0. The molecular formula is C36H44ClN3O5S. The molecule has 3 saturated heterocycles. The van der Waals surface area contributed by atoms with Gasteiger partial charge in [0.05, 0.1) is 46.5 Å². The van der Waals surface area contributed by atoms with Gasteiger partial charge in [0.1, 0.15) is 11.8 Å². The van der Waals surface area contributed by atoms with Gasteiger partial charge in [0.25, 0.3) is 5.91 Å². The highest BCUT2D eigenvalue weighted by Crippen LogP contribution is 2.69. The number of amides is 3. The fraction of sp³-hybridized carbons (Fsp3) is 0.472. The minimum Gasteiger partial charge on any atom is -0.494 e. The van der Waals surface area contributed by atoms with Gasteiger partial charge in [0.2, 0.25) is 11.8 Å². The number of aliphatic hydroxyl groups excluding tert-OH is 1. The Kier molecular flexibility index (Phi) is 10.3. The first-order valence-corrected chi connectivity index (χ1v) is 17.3. The first-order chi connectivity index (χ1) is 22.1. The molecule has 10 heteroatoms. The van der Waals surface area contributed by atoms with E-state index in [-0.39, 0.29) is 54.5 Å². The van der Waals surface area contributed by atoms with Gasteiger partial charge in [-0.1, -0.05) is 56.7 Å². The fourth-order valence-electron chi connectivity index (χ4n) is 7.77. The van der Waals surface area contributed by atoms with Crippen LogP contribution in [0.5, 0.6) is 5.75 Å². The number of aliphatic hydroxyl groups is 1. The van der Waals surface area contributed by atoms with Crippen LogP contribution in [0.25, 0.3) is 0 Å². The third-order valence-corrected chi connectivity index (χ3v) is 12.2. The van der Waals surface area contributed by atoms with Gasteiger partial charge in [-0.3, -0.25) is 14.4 Å². The number of anilines is 2. The standard InChI is InChI=1S/C36H44ClN3O5S/c1-7-18-38(24-14-16-25(17-15-24)45-9-3)33(42)30-29-20-23(6)36(46-29)31(30)34(43)40(28(21-41)22(4)5)32(36)35(44)39(19-8-2)27-13-11-10-12-26(27)37/h7-8,10-17,22-23,28-32,41H,1-2,9,18-21H2,3-6H3/t23?,28-,29+,30-,31-,32?,36?/m0/s1. The number of fused-ring (bicyclic) bond motifs is 1. The number of nitrogens with zero attached hydrogens (tertiary/aromatic N) is 3. The van der Waals surface area contributed by atoms with E-state index in [1.165, 1.54) is 0 Å². The van der Waals surface area contributed by atoms with Crippen molar-refractivity contribution in [3.63, 3.8) is 0 Å². The van der Waals surface area contributed by atoms with Crippen molar-refractivity contribution in [3.8, 4) is 5.75 Å². The summed E-state index contributed by atoms with van der Waals surface area (Å²) in [5.41, 5.74) is 1.21. The van der Waals surface area contributed by atoms with Crippen molar-refractivity contribution >= 4 is 52.5 Å². The lowest BCUT2D eigenvalue weighted by Crippen LogP contribution is -2.60. The summed E-state index contributed by atoms with van der Waals surface area (Å²) >= 11 is 8.23. The lowest BCUT2D eigenvalue weighted by molar-refractivity contribution is -0.142. The molecule has 8 nitrogen and oxygen atoms in total. The number of thioether (sulfide) groups is 1. The van der Waals surface area contributed by atoms with Crippen molar-refractivity contribution in [1.29, 1.82) is 0 Å². The Morgan fingerprint density at radius 2 is 1.76 bits per heavy atom. The molecule has 46 heavy (non-hydrogen) atoms. The van der Waals surface area contributed by atoms with Crippen LogP contribution in [0.2, 0.25) is 5.02 Å². The molecule has 0 radical (unpaired) electrons. The van der Waals surface area contributed by atoms with E-state index >= 15 is 0 Å². The number of benzene rings is 2. The molecule has 5 rings (SSSR count). The van der Waals surface area contributed by atoms with Gasteiger partial charge in [-0.25, -0.2) is 0 Å². The predicted octanol–water partition coefficient (Wildman–Crippen LogP) is 5.83. The lowest BCUT2D eigenvalue weighted by atomic mass is 9.65. The minimum absolute atomic E-state index is 0.0406. The summed E-state index contributed by atoms with van der Waals surface area (Å²) < 4.78 is 4.74. The highest BCUT2D eigenvalue weighted by Gasteiger charge is 2.77. The van der Waals surface area contributed by atoms with Crippen molar-refractivity contribution < 1.29 is 24.2 Å². The van der Waals surface area contributed by atoms with Crippen LogP contribution in [0.3, 0.4) is 0 Å². The number of carbonyl (C=O) groups excluding carboxylic acids is 3. The van der Waals surface area contributed by atoms with E-state index in [0.29, 0.717) is 35.2 Å². The molecule has 0 aromatic heterocycles. The van der Waals surface area contributed by atoms with Crippen molar-refractivity contribution in [2.75, 3.05) is 36.1 Å². The third-order valence-electron chi connectivity index (χ3n) is 9.77. The van der Waals surface area contributed by atoms with Crippen molar-refractivity contribution in [2.45, 2.75) is 56.2 Å². The van der Waals surface area contributed by atoms with Crippen LogP contribution < -0.4 is 14.5 Å². The fourth-order valence-corrected chi connectivity index (χ4v) is 10.4. The Bertz CT molecular complexity index is 1480. The second kappa shape index (κ2) is 13.8. The molecular weight excluding hydrogens is 622 g/mol. The summed E-state index contributed by atoms with van der Waals surface area (Å²) in [6.45, 7) is 16.3. The van der Waals surface area contributed by atoms with Crippen LogP contribution in [0, 0.1) is 23.7 Å². The van der Waals surface area contributed by atoms with E-state index in [2.05, 4.69) is 20.1 Å². The third kappa shape index (κ3) is 5.54. The second-order valence-electron chi connectivity index (χ2n) is 12.6. The van der Waals surface area contributed by atoms with Crippen LogP contribution in [-0.4, -0.2) is 76.1 Å². The van der Waals surface area contributed by atoms with Crippen molar-refractivity contribution in [2.24, 2.45) is 23.7 Å². The van der Waals surface area contributed by atoms with E-state index < -0.39 is 28.7 Å². The summed E-state index contributed by atoms with van der Waals surface area (Å²) in [6, 6.07) is 12.9. The summed E-state index contributed by atoms with van der Waals surface area (Å²) in [5, 5.41) is 10.9. The Morgan fingerprint density at radius 1 is 1.11 bits per heavy atom. The molecule has 246 valence electrons. The molecule has 3 fully saturated rings. The average Bonchev–Trinajstić information content (AvgIpc) is 3.63. The number of hydrogen-bond acceptors (Lipinski definition) is 6. The van der Waals surface area contributed by atoms with E-state index in [1.54, 1.807) is 56.8 Å². The average molecular weight is 666 g/mol. The number of likely N-dealkylation sites (tertiary alicyclic amines) is 1. The zero-order chi connectivity index (χ0) is 33.3. The SMILES string of the molecule is C=CCN(C(=O)[C@@H]1[C@H]2C(=O)N([C@@H](CO)C(C)C)C(C(=O)N(CC=C)c3ccccc3Cl)C23S[C@@H]1CC3C)c1ccc(OCC)cc1. The lowest BCUT2D eigenvalue weighted by Gasteiger charge is -2.43. The Hall–Kier alpha value is -3.27. The quantitative estimate of drug-likeness (QED) is 0.271. The van der Waals surface area contributed by atoms with Gasteiger partial charge in [0.15, 0.2) is 0 Å². The number of ether oxygens (including phenoxy) is 1. The van der Waals surface area contributed by atoms with E-state index in [4.69, 9.17) is 16.3 Å². The van der Waals surface area contributed by atoms with Gasteiger partial charge in [-0.05, 0) is 61.6 Å². The Morgan fingerprint density at radius 3 is 2.35 bits per heavy atom. The maximum Gasteiger partial charge on any atom is 0.251 e. The molecule has 3 aliphatic heterocycles. The van der Waals surface area contributed by atoms with Gasteiger partial charge >= 0.3 is 0 Å². The van der Waals surface area contributed by atoms with Gasteiger partial charge in [-0.15, -0.1) is 24.9 Å². The van der Waals surface area contributed by atoms with E-state index in [1.807, 2.05) is 51.1 Å². The first-order valence-electron chi connectivity index (χ1n) is 16.0. The monoisotopic (exact) mass is 665 g/mol. The molecule has 7 atom stereocenters. The van der Waals surface area contributed by atoms with E-state index in [9.17, 15) is 19.5 Å². The van der Waals surface area contributed by atoms with Crippen molar-refractivity contribution in [1.82, 2.24) is 4.90 Å². The van der Waals surface area contributed by atoms with Gasteiger partial charge in [-0.2, -0.15) is 0 Å². The summed E-state index contributed by atoms with van der Waals surface area (Å²) in [4.78, 5) is 49.4. The molecule has 2 bridgehead atoms. The number of hydrogen-bond donors (Lipinski definition) is 1. The van der Waals surface area contributed by atoms with Crippen LogP contribution >= 0.6 is 23.4 Å².